The molecule has 1 heteroatoms. The number of hydrogen-bond donors (Lipinski definition) is 0. The predicted octanol–water partition coefficient (Wildman–Crippen LogP) is 7.24. The number of hydrogen-bond acceptors (Lipinski definition) is 1. The van der Waals surface area contributed by atoms with Gasteiger partial charge in [-0.25, -0.2) is 0 Å². The largest absolute Gasteiger partial charge is 0.370 e. The smallest absolute Gasteiger partial charge is 0.0847 e. The second kappa shape index (κ2) is 11.5. The van der Waals surface area contributed by atoms with Gasteiger partial charge in [-0.3, -0.25) is 0 Å². The highest BCUT2D eigenvalue weighted by atomic mass is 16.6. The summed E-state index contributed by atoms with van der Waals surface area (Å²) in [5.74, 6) is 2.79. The van der Waals surface area contributed by atoms with Crippen LogP contribution >= 0.6 is 0 Å². The van der Waals surface area contributed by atoms with Crippen molar-refractivity contribution < 1.29 is 4.74 Å². The lowest BCUT2D eigenvalue weighted by molar-refractivity contribution is 0.347. The molecule has 2 aliphatic rings. The summed E-state index contributed by atoms with van der Waals surface area (Å²) in [6.45, 7) is 4.61. The molecule has 0 aromatic rings. The van der Waals surface area contributed by atoms with Crippen molar-refractivity contribution in [3.05, 3.63) is 5.92 Å². The summed E-state index contributed by atoms with van der Waals surface area (Å²) in [6, 6.07) is 0. The lowest BCUT2D eigenvalue weighted by Gasteiger charge is -2.29. The number of epoxide rings is 1. The molecular formula is C22H41O. The first-order valence-corrected chi connectivity index (χ1v) is 10.8. The fraction of sp³-hybridized carbons (Fsp3) is 0.955. The van der Waals surface area contributed by atoms with Gasteiger partial charge in [0.1, 0.15) is 0 Å². The molecule has 3 atom stereocenters. The average Bonchev–Trinajstić information content (AvgIpc) is 3.32. The molecule has 2 rings (SSSR count). The lowest BCUT2D eigenvalue weighted by atomic mass is 9.74. The van der Waals surface area contributed by atoms with Crippen LogP contribution in [0.3, 0.4) is 0 Å². The van der Waals surface area contributed by atoms with Crippen LogP contribution in [0.15, 0.2) is 0 Å². The highest BCUT2D eigenvalue weighted by Crippen LogP contribution is 2.47. The summed E-state index contributed by atoms with van der Waals surface area (Å²) < 4.78 is 5.84. The van der Waals surface area contributed by atoms with E-state index in [2.05, 4.69) is 13.8 Å². The standard InChI is InChI=1S/C22H41O/c1-3-5-7-9-11-13-15-19-17-21-22(23-21)18-20(19)16-14-12-10-8-6-4-2/h19,21-22H,3-18H2,1-2H3. The molecule has 0 spiro atoms. The van der Waals surface area contributed by atoms with Crippen molar-refractivity contribution in [2.75, 3.05) is 0 Å². The van der Waals surface area contributed by atoms with E-state index in [9.17, 15) is 0 Å². The molecule has 2 fully saturated rings. The molecule has 0 aromatic heterocycles. The van der Waals surface area contributed by atoms with Gasteiger partial charge in [0.2, 0.25) is 0 Å². The van der Waals surface area contributed by atoms with E-state index in [1.165, 1.54) is 103 Å². The molecule has 23 heavy (non-hydrogen) atoms. The van der Waals surface area contributed by atoms with Crippen molar-refractivity contribution in [1.82, 2.24) is 0 Å². The number of fused-ring (bicyclic) bond motifs is 1. The monoisotopic (exact) mass is 321 g/mol. The first-order chi connectivity index (χ1) is 11.3. The highest BCUT2D eigenvalue weighted by molar-refractivity contribution is 5.09. The summed E-state index contributed by atoms with van der Waals surface area (Å²) >= 11 is 0. The van der Waals surface area contributed by atoms with Crippen molar-refractivity contribution in [1.29, 1.82) is 0 Å². The minimum atomic E-state index is 0.630. The third kappa shape index (κ3) is 7.59. The van der Waals surface area contributed by atoms with E-state index in [0.717, 1.165) is 5.92 Å². The number of ether oxygens (including phenoxy) is 1. The summed E-state index contributed by atoms with van der Waals surface area (Å²) in [4.78, 5) is 0. The van der Waals surface area contributed by atoms with Crippen molar-refractivity contribution >= 4 is 0 Å². The van der Waals surface area contributed by atoms with E-state index in [-0.39, 0.29) is 0 Å². The maximum absolute atomic E-state index is 5.84. The third-order valence-corrected chi connectivity index (χ3v) is 6.00. The highest BCUT2D eigenvalue weighted by Gasteiger charge is 2.47. The Kier molecular flexibility index (Phi) is 9.65. The minimum absolute atomic E-state index is 0.630. The van der Waals surface area contributed by atoms with Crippen molar-refractivity contribution in [2.45, 2.75) is 129 Å². The number of rotatable bonds is 14. The van der Waals surface area contributed by atoms with Crippen LogP contribution in [0, 0.1) is 11.8 Å². The summed E-state index contributed by atoms with van der Waals surface area (Å²) in [5.41, 5.74) is 0. The van der Waals surface area contributed by atoms with Crippen LogP contribution in [-0.2, 0) is 4.74 Å². The quantitative estimate of drug-likeness (QED) is 0.243. The predicted molar refractivity (Wildman–Crippen MR) is 101 cm³/mol. The Labute approximate surface area is 146 Å². The van der Waals surface area contributed by atoms with E-state index in [0.29, 0.717) is 12.2 Å². The molecule has 135 valence electrons. The van der Waals surface area contributed by atoms with Crippen LogP contribution in [-0.4, -0.2) is 12.2 Å². The van der Waals surface area contributed by atoms with Crippen LogP contribution in [0.2, 0.25) is 0 Å². The average molecular weight is 322 g/mol. The van der Waals surface area contributed by atoms with Gasteiger partial charge >= 0.3 is 0 Å². The van der Waals surface area contributed by atoms with Gasteiger partial charge in [-0.1, -0.05) is 90.9 Å². The maximum Gasteiger partial charge on any atom is 0.0847 e. The second-order valence-electron chi connectivity index (χ2n) is 8.08. The van der Waals surface area contributed by atoms with E-state index in [1.54, 1.807) is 0 Å². The molecule has 1 saturated carbocycles. The van der Waals surface area contributed by atoms with E-state index in [1.807, 2.05) is 5.92 Å². The molecule has 1 aliphatic carbocycles. The van der Waals surface area contributed by atoms with Gasteiger partial charge in [0.15, 0.2) is 0 Å². The summed E-state index contributed by atoms with van der Waals surface area (Å²) in [7, 11) is 0. The molecule has 1 saturated heterocycles. The zero-order chi connectivity index (χ0) is 16.3. The molecule has 0 amide bonds. The molecule has 0 aromatic carbocycles. The first-order valence-electron chi connectivity index (χ1n) is 10.8. The van der Waals surface area contributed by atoms with E-state index >= 15 is 0 Å². The maximum atomic E-state index is 5.84. The molecule has 0 bridgehead atoms. The van der Waals surface area contributed by atoms with Crippen molar-refractivity contribution in [3.8, 4) is 0 Å². The van der Waals surface area contributed by atoms with Gasteiger partial charge in [0.25, 0.3) is 0 Å². The molecular weight excluding hydrogens is 280 g/mol. The van der Waals surface area contributed by atoms with Crippen LogP contribution in [0.25, 0.3) is 0 Å². The zero-order valence-corrected chi connectivity index (χ0v) is 16.0. The fourth-order valence-corrected chi connectivity index (χ4v) is 4.37. The number of unbranched alkanes of at least 4 members (excludes halogenated alkanes) is 10. The van der Waals surface area contributed by atoms with Gasteiger partial charge in [0.05, 0.1) is 12.2 Å². The third-order valence-electron chi connectivity index (χ3n) is 6.00. The van der Waals surface area contributed by atoms with Crippen molar-refractivity contribution in [2.24, 2.45) is 5.92 Å². The molecule has 1 radical (unpaired) electrons. The molecule has 1 aliphatic heterocycles. The Bertz CT molecular complexity index is 260. The Morgan fingerprint density at radius 3 is 2.04 bits per heavy atom. The normalized spacial score (nSPS) is 27.1. The lowest BCUT2D eigenvalue weighted by Crippen LogP contribution is -2.23. The molecule has 3 unspecified atom stereocenters. The Morgan fingerprint density at radius 1 is 0.739 bits per heavy atom. The topological polar surface area (TPSA) is 12.5 Å². The van der Waals surface area contributed by atoms with Gasteiger partial charge in [-0.15, -0.1) is 0 Å². The Balaban J connectivity index is 1.56. The van der Waals surface area contributed by atoms with Gasteiger partial charge in [-0.2, -0.15) is 0 Å². The van der Waals surface area contributed by atoms with E-state index in [4.69, 9.17) is 4.74 Å². The van der Waals surface area contributed by atoms with E-state index < -0.39 is 0 Å². The zero-order valence-electron chi connectivity index (χ0n) is 16.0. The minimum Gasteiger partial charge on any atom is -0.370 e. The van der Waals surface area contributed by atoms with Gasteiger partial charge in [-0.05, 0) is 37.5 Å². The van der Waals surface area contributed by atoms with Crippen LogP contribution in [0.5, 0.6) is 0 Å². The van der Waals surface area contributed by atoms with Gasteiger partial charge < -0.3 is 4.74 Å². The fourth-order valence-electron chi connectivity index (χ4n) is 4.37. The Hall–Kier alpha value is -0.0400. The van der Waals surface area contributed by atoms with Gasteiger partial charge in [0, 0.05) is 0 Å². The van der Waals surface area contributed by atoms with Crippen LogP contribution in [0.4, 0.5) is 0 Å². The molecule has 1 nitrogen and oxygen atoms in total. The van der Waals surface area contributed by atoms with Crippen LogP contribution in [0.1, 0.15) is 117 Å². The Morgan fingerprint density at radius 2 is 1.35 bits per heavy atom. The second-order valence-corrected chi connectivity index (χ2v) is 8.08. The van der Waals surface area contributed by atoms with Crippen LogP contribution < -0.4 is 0 Å². The first kappa shape index (κ1) is 19.3. The molecule has 0 N–H and O–H groups in total. The summed E-state index contributed by atoms with van der Waals surface area (Å²) in [6.07, 6.45) is 23.9. The summed E-state index contributed by atoms with van der Waals surface area (Å²) in [5, 5.41) is 0. The molecule has 1 heterocycles. The SMILES string of the molecule is CCCCCCCC[C]1CC2OC2CC1CCCCCCCC. The van der Waals surface area contributed by atoms with Crippen molar-refractivity contribution in [3.63, 3.8) is 0 Å².